The second-order valence-corrected chi connectivity index (χ2v) is 5.12. The Labute approximate surface area is 114 Å². The lowest BCUT2D eigenvalue weighted by molar-refractivity contribution is -0.193. The van der Waals surface area contributed by atoms with Gasteiger partial charge in [-0.3, -0.25) is 4.79 Å². The molecule has 18 heavy (non-hydrogen) atoms. The topological polar surface area (TPSA) is 50.8 Å². The number of hydrogen-bond acceptors (Lipinski definition) is 4. The maximum absolute atomic E-state index is 12.3. The molecule has 3 aliphatic rings. The van der Waals surface area contributed by atoms with Crippen molar-refractivity contribution >= 4 is 18.3 Å². The molecule has 1 atom stereocenters. The number of carbonyl (C=O) groups is 1. The van der Waals surface area contributed by atoms with Gasteiger partial charge in [-0.25, -0.2) is 0 Å². The lowest BCUT2D eigenvalue weighted by Gasteiger charge is -2.39. The highest BCUT2D eigenvalue weighted by atomic mass is 35.5. The Morgan fingerprint density at radius 2 is 2.06 bits per heavy atom. The third-order valence-corrected chi connectivity index (χ3v) is 3.90. The summed E-state index contributed by atoms with van der Waals surface area (Å²) < 4.78 is 11.4. The van der Waals surface area contributed by atoms with E-state index >= 15 is 0 Å². The van der Waals surface area contributed by atoms with Gasteiger partial charge >= 0.3 is 0 Å². The van der Waals surface area contributed by atoms with Crippen molar-refractivity contribution in [1.82, 2.24) is 10.2 Å². The summed E-state index contributed by atoms with van der Waals surface area (Å²) in [6, 6.07) is 0.0200. The average molecular weight is 277 g/mol. The van der Waals surface area contributed by atoms with Crippen molar-refractivity contribution < 1.29 is 14.3 Å². The smallest absolute Gasteiger partial charge is 0.239 e. The van der Waals surface area contributed by atoms with Gasteiger partial charge in [-0.15, -0.1) is 12.4 Å². The molecular weight excluding hydrogens is 256 g/mol. The van der Waals surface area contributed by atoms with Crippen LogP contribution in [-0.4, -0.2) is 55.5 Å². The van der Waals surface area contributed by atoms with E-state index in [1.165, 1.54) is 0 Å². The highest BCUT2D eigenvalue weighted by molar-refractivity contribution is 5.85. The molecule has 3 aliphatic heterocycles. The fourth-order valence-corrected chi connectivity index (χ4v) is 3.02. The molecule has 3 rings (SSSR count). The van der Waals surface area contributed by atoms with Gasteiger partial charge in [0.25, 0.3) is 0 Å². The van der Waals surface area contributed by atoms with Gasteiger partial charge in [0, 0.05) is 13.0 Å². The highest BCUT2D eigenvalue weighted by Gasteiger charge is 2.43. The van der Waals surface area contributed by atoms with Gasteiger partial charge in [-0.2, -0.15) is 0 Å². The van der Waals surface area contributed by atoms with E-state index in [0.29, 0.717) is 19.8 Å². The minimum absolute atomic E-state index is 0. The molecule has 0 radical (unpaired) electrons. The number of amides is 1. The molecule has 104 valence electrons. The van der Waals surface area contributed by atoms with Crippen molar-refractivity contribution in [2.45, 2.75) is 37.5 Å². The van der Waals surface area contributed by atoms with Gasteiger partial charge in [-0.1, -0.05) is 0 Å². The first-order chi connectivity index (χ1) is 8.29. The van der Waals surface area contributed by atoms with Crippen LogP contribution >= 0.6 is 12.4 Å². The van der Waals surface area contributed by atoms with Crippen LogP contribution in [0.1, 0.15) is 25.7 Å². The second-order valence-electron chi connectivity index (χ2n) is 5.12. The van der Waals surface area contributed by atoms with E-state index in [4.69, 9.17) is 9.47 Å². The second kappa shape index (κ2) is 5.74. The number of piperidine rings is 1. The number of carbonyl (C=O) groups excluding carboxylic acids is 1. The Hall–Kier alpha value is -0.360. The number of ether oxygens (including phenoxy) is 2. The number of nitrogens with one attached hydrogen (secondary N) is 1. The molecule has 3 heterocycles. The number of halogens is 1. The monoisotopic (exact) mass is 276 g/mol. The molecular formula is C12H21ClN2O3. The Bertz CT molecular complexity index is 302. The standard InChI is InChI=1S/C12H20N2O3.ClH/c15-11(10-3-1-5-13-10)14-6-2-4-12(9-14)16-7-8-17-12;/h10,13H,1-9H2;1H. The highest BCUT2D eigenvalue weighted by Crippen LogP contribution is 2.30. The summed E-state index contributed by atoms with van der Waals surface area (Å²) >= 11 is 0. The molecule has 0 aromatic heterocycles. The number of hydrogen-bond donors (Lipinski definition) is 1. The van der Waals surface area contributed by atoms with E-state index in [1.54, 1.807) is 0 Å². The predicted molar refractivity (Wildman–Crippen MR) is 68.7 cm³/mol. The minimum Gasteiger partial charge on any atom is -0.346 e. The largest absolute Gasteiger partial charge is 0.346 e. The molecule has 1 unspecified atom stereocenters. The summed E-state index contributed by atoms with van der Waals surface area (Å²) in [5, 5.41) is 3.26. The van der Waals surface area contributed by atoms with Gasteiger partial charge in [0.2, 0.25) is 5.91 Å². The summed E-state index contributed by atoms with van der Waals surface area (Å²) in [6.45, 7) is 3.71. The van der Waals surface area contributed by atoms with Gasteiger partial charge in [0.15, 0.2) is 5.79 Å². The zero-order valence-electron chi connectivity index (χ0n) is 10.5. The van der Waals surface area contributed by atoms with Crippen LogP contribution in [-0.2, 0) is 14.3 Å². The van der Waals surface area contributed by atoms with Crippen molar-refractivity contribution in [3.63, 3.8) is 0 Å². The van der Waals surface area contributed by atoms with Crippen LogP contribution in [0.4, 0.5) is 0 Å². The minimum atomic E-state index is -0.494. The summed E-state index contributed by atoms with van der Waals surface area (Å²) in [6.07, 6.45) is 3.94. The van der Waals surface area contributed by atoms with Gasteiger partial charge in [0.1, 0.15) is 0 Å². The van der Waals surface area contributed by atoms with Crippen LogP contribution in [0.25, 0.3) is 0 Å². The predicted octanol–water partition coefficient (Wildman–Crippen LogP) is 0.526. The maximum Gasteiger partial charge on any atom is 0.239 e. The van der Waals surface area contributed by atoms with E-state index in [1.807, 2.05) is 4.90 Å². The van der Waals surface area contributed by atoms with Crippen molar-refractivity contribution in [3.8, 4) is 0 Å². The molecule has 5 nitrogen and oxygen atoms in total. The van der Waals surface area contributed by atoms with E-state index in [0.717, 1.165) is 38.8 Å². The zero-order valence-corrected chi connectivity index (χ0v) is 11.3. The Kier molecular flexibility index (Phi) is 4.48. The summed E-state index contributed by atoms with van der Waals surface area (Å²) in [4.78, 5) is 14.2. The summed E-state index contributed by atoms with van der Waals surface area (Å²) in [7, 11) is 0. The summed E-state index contributed by atoms with van der Waals surface area (Å²) in [5.74, 6) is -0.271. The number of nitrogens with zero attached hydrogens (tertiary/aromatic N) is 1. The van der Waals surface area contributed by atoms with Gasteiger partial charge in [-0.05, 0) is 25.8 Å². The molecule has 3 fully saturated rings. The van der Waals surface area contributed by atoms with Crippen LogP contribution in [0.3, 0.4) is 0 Å². The normalized spacial score (nSPS) is 30.4. The fourth-order valence-electron chi connectivity index (χ4n) is 3.02. The van der Waals surface area contributed by atoms with Crippen molar-refractivity contribution in [1.29, 1.82) is 0 Å². The number of likely N-dealkylation sites (tertiary alicyclic amines) is 1. The van der Waals surface area contributed by atoms with E-state index in [2.05, 4.69) is 5.32 Å². The molecule has 3 saturated heterocycles. The van der Waals surface area contributed by atoms with Crippen molar-refractivity contribution in [2.75, 3.05) is 32.8 Å². The lowest BCUT2D eigenvalue weighted by Crippen LogP contribution is -2.54. The van der Waals surface area contributed by atoms with Crippen LogP contribution in [0.2, 0.25) is 0 Å². The molecule has 1 N–H and O–H groups in total. The van der Waals surface area contributed by atoms with E-state index < -0.39 is 5.79 Å². The molecule has 0 aromatic rings. The van der Waals surface area contributed by atoms with Crippen LogP contribution in [0, 0.1) is 0 Å². The first kappa shape index (κ1) is 14.1. The van der Waals surface area contributed by atoms with Crippen LogP contribution in [0.5, 0.6) is 0 Å². The SMILES string of the molecule is Cl.O=C(C1CCCN1)N1CCCC2(C1)OCCO2. The maximum atomic E-state index is 12.3. The zero-order chi connectivity index (χ0) is 11.7. The third kappa shape index (κ3) is 2.64. The van der Waals surface area contributed by atoms with E-state index in [9.17, 15) is 4.79 Å². The summed E-state index contributed by atoms with van der Waals surface area (Å²) in [5.41, 5.74) is 0. The molecule has 0 aromatic carbocycles. The quantitative estimate of drug-likeness (QED) is 0.759. The van der Waals surface area contributed by atoms with Crippen molar-refractivity contribution in [3.05, 3.63) is 0 Å². The molecule has 0 bridgehead atoms. The molecule has 0 aliphatic carbocycles. The van der Waals surface area contributed by atoms with Crippen molar-refractivity contribution in [2.24, 2.45) is 0 Å². The molecule has 6 heteroatoms. The van der Waals surface area contributed by atoms with Gasteiger partial charge < -0.3 is 19.7 Å². The Morgan fingerprint density at radius 3 is 2.72 bits per heavy atom. The average Bonchev–Trinajstić information content (AvgIpc) is 3.00. The molecule has 1 spiro atoms. The third-order valence-electron chi connectivity index (χ3n) is 3.90. The first-order valence-electron chi connectivity index (χ1n) is 6.59. The number of rotatable bonds is 1. The lowest BCUT2D eigenvalue weighted by atomic mass is 10.0. The Balaban J connectivity index is 0.00000120. The first-order valence-corrected chi connectivity index (χ1v) is 6.59. The van der Waals surface area contributed by atoms with Crippen LogP contribution < -0.4 is 5.32 Å². The fraction of sp³-hybridized carbons (Fsp3) is 0.917. The Morgan fingerprint density at radius 1 is 1.28 bits per heavy atom. The molecule has 1 amide bonds. The van der Waals surface area contributed by atoms with E-state index in [-0.39, 0.29) is 24.4 Å². The molecule has 0 saturated carbocycles. The van der Waals surface area contributed by atoms with Crippen LogP contribution in [0.15, 0.2) is 0 Å². The van der Waals surface area contributed by atoms with Gasteiger partial charge in [0.05, 0.1) is 25.8 Å².